The normalized spacial score (nSPS) is 18.7. The molecule has 142 valence electrons. The van der Waals surface area contributed by atoms with Gasteiger partial charge in [-0.15, -0.1) is 0 Å². The number of alkyl halides is 4. The molecule has 5 nitrogen and oxygen atoms in total. The predicted molar refractivity (Wildman–Crippen MR) is 86.2 cm³/mol. The number of fused-ring (bicyclic) bond motifs is 1. The smallest absolute Gasteiger partial charge is 0.330 e. The van der Waals surface area contributed by atoms with E-state index >= 15 is 0 Å². The van der Waals surface area contributed by atoms with Gasteiger partial charge in [-0.2, -0.15) is 8.78 Å². The standard InChI is InChI=1S/C17H19F4N3O2/c18-16(19)17(20,21)10-26-9-14(25)24-8-4-3-7-13(24)15-22-11-5-1-2-6-12(11)23-15/h1-2,5-6,13,16H,3-4,7-10H2,(H,22,23)/t13-/m0/s1. The van der Waals surface area contributed by atoms with E-state index in [1.54, 1.807) is 0 Å². The van der Waals surface area contributed by atoms with Crippen LogP contribution in [-0.4, -0.2) is 52.9 Å². The Labute approximate surface area is 147 Å². The van der Waals surface area contributed by atoms with E-state index in [2.05, 4.69) is 14.7 Å². The van der Waals surface area contributed by atoms with E-state index in [0.717, 1.165) is 23.9 Å². The summed E-state index contributed by atoms with van der Waals surface area (Å²) < 4.78 is 54.6. The van der Waals surface area contributed by atoms with Crippen molar-refractivity contribution in [3.8, 4) is 0 Å². The van der Waals surface area contributed by atoms with Gasteiger partial charge in [-0.3, -0.25) is 4.79 Å². The van der Waals surface area contributed by atoms with Crippen molar-refractivity contribution in [2.24, 2.45) is 0 Å². The highest BCUT2D eigenvalue weighted by molar-refractivity contribution is 5.78. The first-order chi connectivity index (χ1) is 12.4. The second kappa shape index (κ2) is 7.61. The number of likely N-dealkylation sites (tertiary alicyclic amines) is 1. The maximum atomic E-state index is 12.9. The monoisotopic (exact) mass is 373 g/mol. The van der Waals surface area contributed by atoms with Crippen molar-refractivity contribution >= 4 is 16.9 Å². The van der Waals surface area contributed by atoms with Gasteiger partial charge in [0, 0.05) is 6.54 Å². The Kier molecular flexibility index (Phi) is 5.45. The van der Waals surface area contributed by atoms with E-state index < -0.39 is 31.5 Å². The molecule has 1 atom stereocenters. The van der Waals surface area contributed by atoms with Crippen LogP contribution in [0, 0.1) is 0 Å². The molecule has 1 saturated heterocycles. The van der Waals surface area contributed by atoms with Crippen molar-refractivity contribution in [2.75, 3.05) is 19.8 Å². The summed E-state index contributed by atoms with van der Waals surface area (Å²) in [7, 11) is 0. The molecule has 1 aliphatic heterocycles. The number of nitrogens with one attached hydrogen (secondary N) is 1. The number of aromatic amines is 1. The Morgan fingerprint density at radius 3 is 2.85 bits per heavy atom. The number of imidazole rings is 1. The average Bonchev–Trinajstić information content (AvgIpc) is 3.05. The summed E-state index contributed by atoms with van der Waals surface area (Å²) in [6.07, 6.45) is -1.47. The van der Waals surface area contributed by atoms with Crippen LogP contribution < -0.4 is 0 Å². The van der Waals surface area contributed by atoms with E-state index in [-0.39, 0.29) is 6.04 Å². The van der Waals surface area contributed by atoms with E-state index in [1.807, 2.05) is 24.3 Å². The first-order valence-electron chi connectivity index (χ1n) is 8.36. The number of carbonyl (C=O) groups excluding carboxylic acids is 1. The summed E-state index contributed by atoms with van der Waals surface area (Å²) in [5.74, 6) is -4.15. The number of piperidine rings is 1. The number of halogens is 4. The van der Waals surface area contributed by atoms with Gasteiger partial charge >= 0.3 is 12.3 Å². The Morgan fingerprint density at radius 2 is 2.12 bits per heavy atom. The van der Waals surface area contributed by atoms with Crippen molar-refractivity contribution in [1.29, 1.82) is 0 Å². The summed E-state index contributed by atoms with van der Waals surface area (Å²) in [4.78, 5) is 21.6. The molecule has 1 aromatic heterocycles. The van der Waals surface area contributed by atoms with E-state index in [4.69, 9.17) is 0 Å². The molecule has 2 aromatic rings. The van der Waals surface area contributed by atoms with Crippen LogP contribution in [-0.2, 0) is 9.53 Å². The molecule has 3 rings (SSSR count). The number of rotatable bonds is 6. The van der Waals surface area contributed by atoms with Gasteiger partial charge in [0.25, 0.3) is 0 Å². The number of hydrogen-bond acceptors (Lipinski definition) is 3. The number of H-pyrrole nitrogens is 1. The van der Waals surface area contributed by atoms with Gasteiger partial charge in [0.05, 0.1) is 17.1 Å². The van der Waals surface area contributed by atoms with Gasteiger partial charge in [-0.1, -0.05) is 12.1 Å². The molecule has 26 heavy (non-hydrogen) atoms. The molecule has 9 heteroatoms. The molecule has 0 radical (unpaired) electrons. The minimum atomic E-state index is -4.26. The third-order valence-electron chi connectivity index (χ3n) is 4.39. The lowest BCUT2D eigenvalue weighted by Gasteiger charge is -2.34. The predicted octanol–water partition coefficient (Wildman–Crippen LogP) is 3.53. The van der Waals surface area contributed by atoms with Crippen LogP contribution in [0.15, 0.2) is 24.3 Å². The molecule has 2 heterocycles. The van der Waals surface area contributed by atoms with Crippen LogP contribution in [0.2, 0.25) is 0 Å². The van der Waals surface area contributed by atoms with E-state index in [0.29, 0.717) is 18.8 Å². The second-order valence-corrected chi connectivity index (χ2v) is 6.29. The highest BCUT2D eigenvalue weighted by atomic mass is 19.3. The molecule has 1 fully saturated rings. The van der Waals surface area contributed by atoms with Crippen molar-refractivity contribution in [3.05, 3.63) is 30.1 Å². The van der Waals surface area contributed by atoms with E-state index in [9.17, 15) is 22.4 Å². The summed E-state index contributed by atoms with van der Waals surface area (Å²) >= 11 is 0. The average molecular weight is 373 g/mol. The molecule has 0 saturated carbocycles. The van der Waals surface area contributed by atoms with Crippen LogP contribution >= 0.6 is 0 Å². The van der Waals surface area contributed by atoms with Crippen LogP contribution in [0.3, 0.4) is 0 Å². The molecule has 0 unspecified atom stereocenters. The van der Waals surface area contributed by atoms with Crippen molar-refractivity contribution < 1.29 is 27.1 Å². The minimum Gasteiger partial charge on any atom is -0.365 e. The zero-order chi connectivity index (χ0) is 18.7. The van der Waals surface area contributed by atoms with Gasteiger partial charge in [0.15, 0.2) is 0 Å². The van der Waals surface area contributed by atoms with Crippen molar-refractivity contribution in [2.45, 2.75) is 37.7 Å². The summed E-state index contributed by atoms with van der Waals surface area (Å²) in [5, 5.41) is 0. The largest absolute Gasteiger partial charge is 0.365 e. The number of ether oxygens (including phenoxy) is 1. The fourth-order valence-electron chi connectivity index (χ4n) is 3.07. The SMILES string of the molecule is O=C(COCC(F)(F)C(F)F)N1CCCC[C@H]1c1nc2ccccc2[nH]1. The molecule has 0 spiro atoms. The number of carbonyl (C=O) groups is 1. The zero-order valence-electron chi connectivity index (χ0n) is 13.9. The Balaban J connectivity index is 1.67. The topological polar surface area (TPSA) is 58.2 Å². The Hall–Kier alpha value is -2.16. The van der Waals surface area contributed by atoms with Crippen molar-refractivity contribution in [3.63, 3.8) is 0 Å². The number of aromatic nitrogens is 2. The fourth-order valence-corrected chi connectivity index (χ4v) is 3.07. The molecular weight excluding hydrogens is 354 g/mol. The van der Waals surface area contributed by atoms with Crippen LogP contribution in [0.5, 0.6) is 0 Å². The van der Waals surface area contributed by atoms with Crippen molar-refractivity contribution in [1.82, 2.24) is 14.9 Å². The third-order valence-corrected chi connectivity index (χ3v) is 4.39. The summed E-state index contributed by atoms with van der Waals surface area (Å²) in [6, 6.07) is 7.12. The van der Waals surface area contributed by atoms with Crippen LogP contribution in [0.1, 0.15) is 31.1 Å². The first kappa shape index (κ1) is 18.6. The molecule has 1 aromatic carbocycles. The van der Waals surface area contributed by atoms with Gasteiger partial charge < -0.3 is 14.6 Å². The maximum Gasteiger partial charge on any atom is 0.330 e. The van der Waals surface area contributed by atoms with Gasteiger partial charge in [0.2, 0.25) is 5.91 Å². The van der Waals surface area contributed by atoms with Gasteiger partial charge in [-0.05, 0) is 31.4 Å². The second-order valence-electron chi connectivity index (χ2n) is 6.29. The summed E-state index contributed by atoms with van der Waals surface area (Å²) in [6.45, 7) is -1.71. The lowest BCUT2D eigenvalue weighted by atomic mass is 10.0. The number of hydrogen-bond donors (Lipinski definition) is 1. The fraction of sp³-hybridized carbons (Fsp3) is 0.529. The first-order valence-corrected chi connectivity index (χ1v) is 8.36. The van der Waals surface area contributed by atoms with Crippen LogP contribution in [0.25, 0.3) is 11.0 Å². The molecule has 0 aliphatic carbocycles. The zero-order valence-corrected chi connectivity index (χ0v) is 13.9. The van der Waals surface area contributed by atoms with Gasteiger partial charge in [0.1, 0.15) is 19.0 Å². The third kappa shape index (κ3) is 3.98. The number of benzene rings is 1. The molecule has 1 aliphatic rings. The van der Waals surface area contributed by atoms with E-state index in [1.165, 1.54) is 4.90 Å². The molecule has 1 amide bonds. The van der Waals surface area contributed by atoms with Crippen LogP contribution in [0.4, 0.5) is 17.6 Å². The lowest BCUT2D eigenvalue weighted by Crippen LogP contribution is -2.42. The number of para-hydroxylation sites is 2. The highest BCUT2D eigenvalue weighted by Gasteiger charge is 2.41. The van der Waals surface area contributed by atoms with Gasteiger partial charge in [-0.25, -0.2) is 13.8 Å². The highest BCUT2D eigenvalue weighted by Crippen LogP contribution is 2.30. The minimum absolute atomic E-state index is 0.317. The molecular formula is C17H19F4N3O2. The Morgan fingerprint density at radius 1 is 1.35 bits per heavy atom. The number of nitrogens with zero attached hydrogens (tertiary/aromatic N) is 2. The number of amides is 1. The maximum absolute atomic E-state index is 12.9. The molecule has 1 N–H and O–H groups in total. The quantitative estimate of drug-likeness (QED) is 0.788. The molecule has 0 bridgehead atoms. The Bertz CT molecular complexity index is 732. The lowest BCUT2D eigenvalue weighted by molar-refractivity contribution is -0.172. The summed E-state index contributed by atoms with van der Waals surface area (Å²) in [5.41, 5.74) is 1.61.